The third-order valence-electron chi connectivity index (χ3n) is 3.16. The number of para-hydroxylation sites is 1. The second kappa shape index (κ2) is 3.11. The summed E-state index contributed by atoms with van der Waals surface area (Å²) in [6.07, 6.45) is 0. The van der Waals surface area contributed by atoms with Gasteiger partial charge in [-0.05, 0) is 43.5 Å². The Morgan fingerprint density at radius 3 is 2.75 bits per heavy atom. The van der Waals surface area contributed by atoms with E-state index in [1.54, 1.807) is 6.07 Å². The van der Waals surface area contributed by atoms with Gasteiger partial charge in [0.05, 0.1) is 0 Å². The molecule has 0 N–H and O–H groups in total. The van der Waals surface area contributed by atoms with E-state index in [-0.39, 0.29) is 0 Å². The Labute approximate surface area is 98.9 Å². The normalized spacial score (nSPS) is 15.0. The molecule has 0 spiro atoms. The number of rotatable bonds is 0. The zero-order valence-electron chi connectivity index (χ0n) is 12.3. The Kier molecular flexibility index (Phi) is 1.31. The molecule has 0 saturated carbocycles. The number of benzene rings is 2. The fourth-order valence-electron chi connectivity index (χ4n) is 2.15. The Bertz CT molecular complexity index is 781. The van der Waals surface area contributed by atoms with Crippen molar-refractivity contribution in [2.75, 3.05) is 0 Å². The lowest BCUT2D eigenvalue weighted by Gasteiger charge is -2.03. The van der Waals surface area contributed by atoms with Gasteiger partial charge in [0.1, 0.15) is 11.2 Å². The van der Waals surface area contributed by atoms with Crippen LogP contribution in [0.3, 0.4) is 0 Å². The van der Waals surface area contributed by atoms with Crippen LogP contribution < -0.4 is 0 Å². The fourth-order valence-corrected chi connectivity index (χ4v) is 2.15. The van der Waals surface area contributed by atoms with Crippen molar-refractivity contribution in [1.29, 1.82) is 0 Å². The van der Waals surface area contributed by atoms with Gasteiger partial charge in [0.15, 0.2) is 0 Å². The highest BCUT2D eigenvalue weighted by atomic mass is 16.3. The van der Waals surface area contributed by atoms with Crippen LogP contribution in [-0.2, 0) is 0 Å². The first-order valence-corrected chi connectivity index (χ1v) is 5.31. The molecule has 3 rings (SSSR count). The van der Waals surface area contributed by atoms with Crippen LogP contribution >= 0.6 is 0 Å². The zero-order chi connectivity index (χ0) is 13.8. The van der Waals surface area contributed by atoms with Crippen LogP contribution in [0.5, 0.6) is 0 Å². The molecular formula is C15H14O. The first-order valence-electron chi connectivity index (χ1n) is 6.81. The minimum Gasteiger partial charge on any atom is -0.456 e. The molecule has 1 aromatic heterocycles. The summed E-state index contributed by atoms with van der Waals surface area (Å²) in [5.41, 5.74) is 3.73. The van der Waals surface area contributed by atoms with Gasteiger partial charge in [0.25, 0.3) is 0 Å². The second-order valence-electron chi connectivity index (χ2n) is 4.17. The van der Waals surface area contributed by atoms with Gasteiger partial charge in [-0.1, -0.05) is 24.3 Å². The molecule has 80 valence electrons. The molecule has 0 amide bonds. The van der Waals surface area contributed by atoms with E-state index in [2.05, 4.69) is 0 Å². The van der Waals surface area contributed by atoms with E-state index in [1.807, 2.05) is 38.1 Å². The van der Waals surface area contributed by atoms with Gasteiger partial charge in [-0.15, -0.1) is 0 Å². The lowest BCUT2D eigenvalue weighted by atomic mass is 10.0. The second-order valence-corrected chi connectivity index (χ2v) is 4.17. The quantitative estimate of drug-likeness (QED) is 0.535. The molecule has 1 heterocycles. The van der Waals surface area contributed by atoms with E-state index >= 15 is 0 Å². The predicted molar refractivity (Wildman–Crippen MR) is 67.9 cm³/mol. The summed E-state index contributed by atoms with van der Waals surface area (Å²) in [6.45, 7) is 1.74. The smallest absolute Gasteiger partial charge is 0.138 e. The molecule has 1 heteroatoms. The molecule has 1 nitrogen and oxygen atoms in total. The van der Waals surface area contributed by atoms with Crippen LogP contribution in [0, 0.1) is 20.7 Å². The van der Waals surface area contributed by atoms with Crippen molar-refractivity contribution in [3.63, 3.8) is 0 Å². The molecule has 16 heavy (non-hydrogen) atoms. The minimum atomic E-state index is -2.14. The SMILES string of the molecule is [2H]C([2H])([2H])c1cc(C)c(C)c2oc3ccccc3c12. The summed E-state index contributed by atoms with van der Waals surface area (Å²) in [5.74, 6) is 0. The maximum absolute atomic E-state index is 7.73. The monoisotopic (exact) mass is 213 g/mol. The van der Waals surface area contributed by atoms with Crippen LogP contribution in [0.4, 0.5) is 0 Å². The van der Waals surface area contributed by atoms with Crippen LogP contribution in [0.2, 0.25) is 0 Å². The highest BCUT2D eigenvalue weighted by Crippen LogP contribution is 2.34. The molecule has 2 aromatic carbocycles. The predicted octanol–water partition coefficient (Wildman–Crippen LogP) is 4.51. The van der Waals surface area contributed by atoms with Crippen LogP contribution in [-0.4, -0.2) is 0 Å². The summed E-state index contributed by atoms with van der Waals surface area (Å²) < 4.78 is 29.0. The maximum Gasteiger partial charge on any atom is 0.138 e. The summed E-state index contributed by atoms with van der Waals surface area (Å²) in [7, 11) is 0. The van der Waals surface area contributed by atoms with E-state index in [1.165, 1.54) is 0 Å². The maximum atomic E-state index is 7.73. The Hall–Kier alpha value is -1.76. The Balaban J connectivity index is 2.59. The van der Waals surface area contributed by atoms with Gasteiger partial charge in [-0.3, -0.25) is 0 Å². The summed E-state index contributed by atoms with van der Waals surface area (Å²) in [4.78, 5) is 0. The van der Waals surface area contributed by atoms with Crippen molar-refractivity contribution in [3.8, 4) is 0 Å². The molecule has 0 aliphatic rings. The number of hydrogen-bond acceptors (Lipinski definition) is 1. The molecule has 0 bridgehead atoms. The van der Waals surface area contributed by atoms with Gasteiger partial charge >= 0.3 is 0 Å². The lowest BCUT2D eigenvalue weighted by molar-refractivity contribution is 0.665. The van der Waals surface area contributed by atoms with Crippen LogP contribution in [0.15, 0.2) is 34.7 Å². The standard InChI is InChI=1S/C15H14O/c1-9-8-10(2)14-12-6-4-5-7-13(12)16-15(14)11(9)3/h4-8H,1-3H3/i2D3. The van der Waals surface area contributed by atoms with Gasteiger partial charge in [0, 0.05) is 14.9 Å². The van der Waals surface area contributed by atoms with Gasteiger partial charge < -0.3 is 4.42 Å². The summed E-state index contributed by atoms with van der Waals surface area (Å²) in [5, 5.41) is 1.59. The van der Waals surface area contributed by atoms with Gasteiger partial charge in [0.2, 0.25) is 0 Å². The molecular weight excluding hydrogens is 196 g/mol. The van der Waals surface area contributed by atoms with E-state index in [0.717, 1.165) is 27.5 Å². The van der Waals surface area contributed by atoms with Crippen LogP contribution in [0.25, 0.3) is 21.9 Å². The third kappa shape index (κ3) is 1.12. The van der Waals surface area contributed by atoms with E-state index in [4.69, 9.17) is 8.53 Å². The molecule has 0 aliphatic heterocycles. The van der Waals surface area contributed by atoms with Crippen molar-refractivity contribution >= 4 is 21.9 Å². The number of furan rings is 1. The van der Waals surface area contributed by atoms with E-state index < -0.39 is 6.85 Å². The summed E-state index contributed by atoms with van der Waals surface area (Å²) >= 11 is 0. The number of fused-ring (bicyclic) bond motifs is 3. The van der Waals surface area contributed by atoms with Crippen molar-refractivity contribution < 1.29 is 8.53 Å². The summed E-state index contributed by atoms with van der Waals surface area (Å²) in [6, 6.07) is 9.32. The first-order chi connectivity index (χ1) is 8.89. The highest BCUT2D eigenvalue weighted by Gasteiger charge is 2.12. The van der Waals surface area contributed by atoms with Crippen LogP contribution in [0.1, 0.15) is 20.8 Å². The Morgan fingerprint density at radius 2 is 1.94 bits per heavy atom. The van der Waals surface area contributed by atoms with Crippen molar-refractivity contribution in [1.82, 2.24) is 0 Å². The molecule has 0 atom stereocenters. The van der Waals surface area contributed by atoms with E-state index in [9.17, 15) is 0 Å². The average molecular weight is 213 g/mol. The molecule has 0 fully saturated rings. The van der Waals surface area contributed by atoms with Gasteiger partial charge in [-0.25, -0.2) is 0 Å². The largest absolute Gasteiger partial charge is 0.456 e. The van der Waals surface area contributed by atoms with Gasteiger partial charge in [-0.2, -0.15) is 0 Å². The lowest BCUT2D eigenvalue weighted by Crippen LogP contribution is -1.84. The Morgan fingerprint density at radius 1 is 1.12 bits per heavy atom. The highest BCUT2D eigenvalue weighted by molar-refractivity contribution is 6.07. The number of hydrogen-bond donors (Lipinski definition) is 0. The average Bonchev–Trinajstić information content (AvgIpc) is 2.72. The zero-order valence-corrected chi connectivity index (χ0v) is 9.29. The molecule has 0 aliphatic carbocycles. The van der Waals surface area contributed by atoms with Crippen molar-refractivity contribution in [2.24, 2.45) is 0 Å². The fraction of sp³-hybridized carbons (Fsp3) is 0.200. The molecule has 0 unspecified atom stereocenters. The molecule has 0 saturated heterocycles. The first kappa shape index (κ1) is 6.74. The number of aryl methyl sites for hydroxylation is 3. The minimum absolute atomic E-state index is 0.371. The molecule has 3 aromatic rings. The third-order valence-corrected chi connectivity index (χ3v) is 3.16. The van der Waals surface area contributed by atoms with E-state index in [0.29, 0.717) is 11.1 Å². The molecule has 0 radical (unpaired) electrons. The van der Waals surface area contributed by atoms with Crippen molar-refractivity contribution in [3.05, 3.63) is 47.0 Å². The van der Waals surface area contributed by atoms with Crippen molar-refractivity contribution in [2.45, 2.75) is 20.7 Å². The topological polar surface area (TPSA) is 13.1 Å².